The molecular weight excluding hydrogens is 476 g/mol. The van der Waals surface area contributed by atoms with Crippen molar-refractivity contribution >= 4 is 41.3 Å². The molecule has 2 N–H and O–H groups in total. The van der Waals surface area contributed by atoms with Crippen molar-refractivity contribution in [1.29, 1.82) is 0 Å². The van der Waals surface area contributed by atoms with E-state index >= 15 is 0 Å². The molecule has 27 heavy (non-hydrogen) atoms. The number of guanidine groups is 1. The van der Waals surface area contributed by atoms with Gasteiger partial charge in [-0.2, -0.15) is 0 Å². The maximum atomic E-state index is 14.3. The SMILES string of the molecule is CN=C(NCc1ccc(-n2ccnc2)c(F)c1)NCC(C)c1cccs1.I. The van der Waals surface area contributed by atoms with Crippen LogP contribution < -0.4 is 10.6 Å². The van der Waals surface area contributed by atoms with E-state index in [9.17, 15) is 4.39 Å². The summed E-state index contributed by atoms with van der Waals surface area (Å²) in [5.74, 6) is 0.824. The molecule has 0 bridgehead atoms. The first-order valence-electron chi connectivity index (χ1n) is 8.42. The zero-order valence-electron chi connectivity index (χ0n) is 15.2. The molecule has 3 aromatic rings. The number of imidazole rings is 1. The number of hydrogen-bond acceptors (Lipinski definition) is 3. The number of thiophene rings is 1. The molecule has 5 nitrogen and oxygen atoms in total. The lowest BCUT2D eigenvalue weighted by molar-refractivity contribution is 0.614. The summed E-state index contributed by atoms with van der Waals surface area (Å²) in [6.07, 6.45) is 4.93. The number of benzene rings is 1. The average molecular weight is 499 g/mol. The number of halogens is 2. The molecule has 144 valence electrons. The molecule has 1 aromatic carbocycles. The second-order valence-electron chi connectivity index (χ2n) is 5.98. The van der Waals surface area contributed by atoms with Gasteiger partial charge in [0.25, 0.3) is 0 Å². The Morgan fingerprint density at radius 1 is 1.33 bits per heavy atom. The van der Waals surface area contributed by atoms with Gasteiger partial charge in [-0.25, -0.2) is 9.37 Å². The van der Waals surface area contributed by atoms with Crippen LogP contribution >= 0.6 is 35.3 Å². The highest BCUT2D eigenvalue weighted by Crippen LogP contribution is 2.19. The van der Waals surface area contributed by atoms with Crippen LogP contribution in [-0.4, -0.2) is 29.1 Å². The van der Waals surface area contributed by atoms with Gasteiger partial charge < -0.3 is 15.2 Å². The third-order valence-electron chi connectivity index (χ3n) is 4.08. The van der Waals surface area contributed by atoms with E-state index in [0.717, 1.165) is 12.1 Å². The summed E-state index contributed by atoms with van der Waals surface area (Å²) in [5, 5.41) is 8.62. The molecule has 8 heteroatoms. The number of rotatable bonds is 6. The first-order chi connectivity index (χ1) is 12.7. The molecule has 0 aliphatic heterocycles. The summed E-state index contributed by atoms with van der Waals surface area (Å²) < 4.78 is 16.0. The van der Waals surface area contributed by atoms with Crippen molar-refractivity contribution in [3.63, 3.8) is 0 Å². The Hall–Kier alpha value is -1.94. The number of aromatic nitrogens is 2. The van der Waals surface area contributed by atoms with Gasteiger partial charge in [0.15, 0.2) is 5.96 Å². The predicted molar refractivity (Wildman–Crippen MR) is 120 cm³/mol. The lowest BCUT2D eigenvalue weighted by atomic mass is 10.1. The lowest BCUT2D eigenvalue weighted by Crippen LogP contribution is -2.38. The van der Waals surface area contributed by atoms with E-state index in [4.69, 9.17) is 0 Å². The standard InChI is InChI=1S/C19H22FN5S.HI/c1-14(18-4-3-9-26-18)11-23-19(21-2)24-12-15-5-6-17(16(20)10-15)25-8-7-22-13-25;/h3-10,13-14H,11-12H2,1-2H3,(H2,21,23,24);1H. The highest BCUT2D eigenvalue weighted by atomic mass is 127. The number of hydrogen-bond donors (Lipinski definition) is 2. The van der Waals surface area contributed by atoms with E-state index in [1.165, 1.54) is 10.9 Å². The Bertz CT molecular complexity index is 849. The third-order valence-corrected chi connectivity index (χ3v) is 5.19. The smallest absolute Gasteiger partial charge is 0.191 e. The van der Waals surface area contributed by atoms with Crippen molar-refractivity contribution in [2.45, 2.75) is 19.4 Å². The Balaban J connectivity index is 0.00000261. The first kappa shape index (κ1) is 21.4. The maximum absolute atomic E-state index is 14.3. The molecule has 0 spiro atoms. The fourth-order valence-corrected chi connectivity index (χ4v) is 3.39. The van der Waals surface area contributed by atoms with Gasteiger partial charge in [-0.15, -0.1) is 35.3 Å². The van der Waals surface area contributed by atoms with Crippen LogP contribution in [0.2, 0.25) is 0 Å². The molecule has 0 amide bonds. The fourth-order valence-electron chi connectivity index (χ4n) is 2.60. The lowest BCUT2D eigenvalue weighted by Gasteiger charge is -2.15. The zero-order chi connectivity index (χ0) is 18.4. The van der Waals surface area contributed by atoms with Crippen LogP contribution in [0, 0.1) is 5.82 Å². The van der Waals surface area contributed by atoms with E-state index in [1.807, 2.05) is 6.07 Å². The van der Waals surface area contributed by atoms with Crippen molar-refractivity contribution in [2.75, 3.05) is 13.6 Å². The molecule has 0 saturated heterocycles. The summed E-state index contributed by atoms with van der Waals surface area (Å²) in [5.41, 5.74) is 1.33. The summed E-state index contributed by atoms with van der Waals surface area (Å²) in [7, 11) is 1.73. The molecule has 2 heterocycles. The molecule has 0 aliphatic rings. The number of aliphatic imine (C=N–C) groups is 1. The highest BCUT2D eigenvalue weighted by Gasteiger charge is 2.09. The van der Waals surface area contributed by atoms with Crippen molar-refractivity contribution in [3.8, 4) is 5.69 Å². The van der Waals surface area contributed by atoms with Crippen LogP contribution in [0.15, 0.2) is 59.4 Å². The van der Waals surface area contributed by atoms with Crippen LogP contribution in [0.3, 0.4) is 0 Å². The molecule has 0 radical (unpaired) electrons. The van der Waals surface area contributed by atoms with Gasteiger partial charge in [-0.1, -0.05) is 19.1 Å². The van der Waals surface area contributed by atoms with Crippen LogP contribution in [0.4, 0.5) is 4.39 Å². The van der Waals surface area contributed by atoms with Gasteiger partial charge in [-0.05, 0) is 29.1 Å². The van der Waals surface area contributed by atoms with Gasteiger partial charge in [0, 0.05) is 43.3 Å². The monoisotopic (exact) mass is 499 g/mol. The Labute approximate surface area is 179 Å². The second kappa shape index (κ2) is 10.4. The fraction of sp³-hybridized carbons (Fsp3) is 0.263. The minimum Gasteiger partial charge on any atom is -0.356 e. The molecular formula is C19H23FIN5S. The average Bonchev–Trinajstić information content (AvgIpc) is 3.35. The maximum Gasteiger partial charge on any atom is 0.191 e. The normalized spacial score (nSPS) is 12.3. The van der Waals surface area contributed by atoms with Crippen molar-refractivity contribution in [2.24, 2.45) is 4.99 Å². The van der Waals surface area contributed by atoms with Crippen LogP contribution in [0.25, 0.3) is 5.69 Å². The Morgan fingerprint density at radius 3 is 2.81 bits per heavy atom. The van der Waals surface area contributed by atoms with Crippen molar-refractivity contribution in [3.05, 3.63) is 70.7 Å². The van der Waals surface area contributed by atoms with Crippen LogP contribution in [0.1, 0.15) is 23.3 Å². The van der Waals surface area contributed by atoms with E-state index in [0.29, 0.717) is 24.1 Å². The Morgan fingerprint density at radius 2 is 2.19 bits per heavy atom. The van der Waals surface area contributed by atoms with Gasteiger partial charge in [0.2, 0.25) is 0 Å². The van der Waals surface area contributed by atoms with E-state index in [2.05, 4.69) is 45.0 Å². The van der Waals surface area contributed by atoms with E-state index in [1.54, 1.807) is 47.7 Å². The second-order valence-corrected chi connectivity index (χ2v) is 6.96. The van der Waals surface area contributed by atoms with Crippen molar-refractivity contribution < 1.29 is 4.39 Å². The molecule has 0 saturated carbocycles. The summed E-state index contributed by atoms with van der Waals surface area (Å²) in [4.78, 5) is 9.51. The number of nitrogens with zero attached hydrogens (tertiary/aromatic N) is 3. The molecule has 2 aromatic heterocycles. The van der Waals surface area contributed by atoms with E-state index < -0.39 is 0 Å². The van der Waals surface area contributed by atoms with Crippen LogP contribution in [-0.2, 0) is 6.54 Å². The van der Waals surface area contributed by atoms with Gasteiger partial charge >= 0.3 is 0 Å². The van der Waals surface area contributed by atoms with Crippen LogP contribution in [0.5, 0.6) is 0 Å². The zero-order valence-corrected chi connectivity index (χ0v) is 18.4. The minimum atomic E-state index is -0.281. The number of nitrogens with one attached hydrogen (secondary N) is 2. The third kappa shape index (κ3) is 5.77. The summed E-state index contributed by atoms with van der Waals surface area (Å²) in [6.45, 7) is 3.46. The largest absolute Gasteiger partial charge is 0.356 e. The molecule has 3 rings (SSSR count). The molecule has 0 fully saturated rings. The summed E-state index contributed by atoms with van der Waals surface area (Å²) >= 11 is 1.75. The topological polar surface area (TPSA) is 54.2 Å². The van der Waals surface area contributed by atoms with Gasteiger partial charge in [0.05, 0.1) is 12.0 Å². The summed E-state index contributed by atoms with van der Waals surface area (Å²) in [6, 6.07) is 9.38. The quantitative estimate of drug-likeness (QED) is 0.304. The molecule has 1 unspecified atom stereocenters. The first-order valence-corrected chi connectivity index (χ1v) is 9.30. The highest BCUT2D eigenvalue weighted by molar-refractivity contribution is 14.0. The minimum absolute atomic E-state index is 0. The Kier molecular flexibility index (Phi) is 8.23. The molecule has 0 aliphatic carbocycles. The van der Waals surface area contributed by atoms with Gasteiger partial charge in [-0.3, -0.25) is 4.99 Å². The van der Waals surface area contributed by atoms with E-state index in [-0.39, 0.29) is 29.8 Å². The predicted octanol–water partition coefficient (Wildman–Crippen LogP) is 4.16. The van der Waals surface area contributed by atoms with Gasteiger partial charge in [0.1, 0.15) is 5.82 Å². The van der Waals surface area contributed by atoms with Crippen molar-refractivity contribution in [1.82, 2.24) is 20.2 Å². The molecule has 1 atom stereocenters.